The Morgan fingerprint density at radius 2 is 1.93 bits per heavy atom. The summed E-state index contributed by atoms with van der Waals surface area (Å²) in [6, 6.07) is 12.9. The number of carbonyl (C=O) groups excluding carboxylic acids is 1. The van der Waals surface area contributed by atoms with Crippen LogP contribution in [0.3, 0.4) is 0 Å². The number of nitrogens with zero attached hydrogens (tertiary/aromatic N) is 3. The molecule has 0 atom stereocenters. The first-order valence-electron chi connectivity index (χ1n) is 9.24. The van der Waals surface area contributed by atoms with E-state index in [1.807, 2.05) is 39.2 Å². The first-order chi connectivity index (χ1) is 13.5. The predicted molar refractivity (Wildman–Crippen MR) is 124 cm³/mol. The van der Waals surface area contributed by atoms with Crippen molar-refractivity contribution in [1.29, 1.82) is 0 Å². The normalized spacial score (nSPS) is 10.8. The molecule has 29 heavy (non-hydrogen) atoms. The predicted octanol–water partition coefficient (Wildman–Crippen LogP) is 5.37. The number of thiazole rings is 1. The van der Waals surface area contributed by atoms with E-state index in [0.29, 0.717) is 28.9 Å². The zero-order valence-corrected chi connectivity index (χ0v) is 19.1. The quantitative estimate of drug-likeness (QED) is 0.459. The minimum atomic E-state index is -0.0988. The van der Waals surface area contributed by atoms with Crippen LogP contribution in [0.15, 0.2) is 42.5 Å². The van der Waals surface area contributed by atoms with Crippen molar-refractivity contribution in [3.63, 3.8) is 0 Å². The molecule has 0 N–H and O–H groups in total. The fourth-order valence-corrected chi connectivity index (χ4v) is 4.10. The summed E-state index contributed by atoms with van der Waals surface area (Å²) in [5.41, 5.74) is 1.35. The van der Waals surface area contributed by atoms with Gasteiger partial charge in [-0.3, -0.25) is 9.69 Å². The van der Waals surface area contributed by atoms with Crippen molar-refractivity contribution in [2.24, 2.45) is 0 Å². The van der Waals surface area contributed by atoms with Crippen LogP contribution in [0.1, 0.15) is 23.7 Å². The third kappa shape index (κ3) is 5.82. The van der Waals surface area contributed by atoms with Gasteiger partial charge in [-0.2, -0.15) is 0 Å². The molecule has 8 heteroatoms. The number of hydrogen-bond donors (Lipinski definition) is 0. The molecule has 0 aliphatic rings. The van der Waals surface area contributed by atoms with Gasteiger partial charge in [0.15, 0.2) is 5.13 Å². The molecule has 0 unspecified atom stereocenters. The van der Waals surface area contributed by atoms with Crippen LogP contribution in [-0.4, -0.2) is 49.6 Å². The number of rotatable bonds is 8. The van der Waals surface area contributed by atoms with Gasteiger partial charge >= 0.3 is 0 Å². The standard InChI is InChI=1S/C21H24ClN3O2S.ClH/c1-4-27-17-10-6-11-18-19(17)23-21(28-18)25(13-7-12-24(2)3)20(26)15-8-5-9-16(22)14-15;/h5-6,8-11,14H,4,7,12-13H2,1-3H3;1H. The van der Waals surface area contributed by atoms with E-state index in [1.165, 1.54) is 11.3 Å². The molecule has 0 fully saturated rings. The van der Waals surface area contributed by atoms with E-state index in [4.69, 9.17) is 21.3 Å². The summed E-state index contributed by atoms with van der Waals surface area (Å²) < 4.78 is 6.70. The van der Waals surface area contributed by atoms with Crippen molar-refractivity contribution < 1.29 is 9.53 Å². The Kier molecular flexibility index (Phi) is 8.71. The van der Waals surface area contributed by atoms with Gasteiger partial charge in [-0.05, 0) is 64.3 Å². The molecule has 3 rings (SSSR count). The van der Waals surface area contributed by atoms with Crippen LogP contribution in [0, 0.1) is 0 Å². The number of ether oxygens (including phenoxy) is 1. The minimum Gasteiger partial charge on any atom is -0.492 e. The fourth-order valence-electron chi connectivity index (χ4n) is 2.91. The molecular weight excluding hydrogens is 429 g/mol. The zero-order chi connectivity index (χ0) is 20.1. The summed E-state index contributed by atoms with van der Waals surface area (Å²) in [5.74, 6) is 0.643. The van der Waals surface area contributed by atoms with Gasteiger partial charge in [0, 0.05) is 17.1 Å². The number of para-hydroxylation sites is 1. The highest BCUT2D eigenvalue weighted by Crippen LogP contribution is 2.35. The molecular formula is C21H25Cl2N3O2S. The molecule has 0 saturated carbocycles. The molecule has 0 aliphatic carbocycles. The van der Waals surface area contributed by atoms with E-state index in [2.05, 4.69) is 4.90 Å². The third-order valence-corrected chi connectivity index (χ3v) is 5.48. The lowest BCUT2D eigenvalue weighted by atomic mass is 10.2. The van der Waals surface area contributed by atoms with Crippen LogP contribution in [0.25, 0.3) is 10.2 Å². The number of amides is 1. The van der Waals surface area contributed by atoms with Gasteiger partial charge in [-0.1, -0.05) is 35.1 Å². The van der Waals surface area contributed by atoms with E-state index in [-0.39, 0.29) is 18.3 Å². The second-order valence-electron chi connectivity index (χ2n) is 6.66. The molecule has 0 aliphatic heterocycles. The number of fused-ring (bicyclic) bond motifs is 1. The van der Waals surface area contributed by atoms with Gasteiger partial charge in [-0.15, -0.1) is 12.4 Å². The summed E-state index contributed by atoms with van der Waals surface area (Å²) in [7, 11) is 4.05. The Labute approximate surface area is 186 Å². The van der Waals surface area contributed by atoms with E-state index in [9.17, 15) is 4.79 Å². The molecule has 1 aromatic heterocycles. The molecule has 1 amide bonds. The molecule has 0 spiro atoms. The van der Waals surface area contributed by atoms with Crippen molar-refractivity contribution >= 4 is 56.6 Å². The smallest absolute Gasteiger partial charge is 0.260 e. The minimum absolute atomic E-state index is 0. The molecule has 0 radical (unpaired) electrons. The van der Waals surface area contributed by atoms with Gasteiger partial charge in [0.1, 0.15) is 11.3 Å². The largest absolute Gasteiger partial charge is 0.492 e. The Hall–Kier alpha value is -1.86. The lowest BCUT2D eigenvalue weighted by Crippen LogP contribution is -2.33. The monoisotopic (exact) mass is 453 g/mol. The second kappa shape index (κ2) is 10.8. The van der Waals surface area contributed by atoms with Gasteiger partial charge < -0.3 is 9.64 Å². The maximum Gasteiger partial charge on any atom is 0.260 e. The molecule has 0 bridgehead atoms. The summed E-state index contributed by atoms with van der Waals surface area (Å²) in [6.07, 6.45) is 0.841. The first kappa shape index (κ1) is 23.4. The number of aromatic nitrogens is 1. The first-order valence-corrected chi connectivity index (χ1v) is 10.4. The average Bonchev–Trinajstić information content (AvgIpc) is 3.09. The average molecular weight is 454 g/mol. The van der Waals surface area contributed by atoms with Crippen LogP contribution in [0.2, 0.25) is 5.02 Å². The Morgan fingerprint density at radius 1 is 1.17 bits per heavy atom. The van der Waals surface area contributed by atoms with E-state index >= 15 is 0 Å². The molecule has 0 saturated heterocycles. The Morgan fingerprint density at radius 3 is 2.62 bits per heavy atom. The Balaban J connectivity index is 0.00000300. The van der Waals surface area contributed by atoms with E-state index < -0.39 is 0 Å². The number of anilines is 1. The number of hydrogen-bond acceptors (Lipinski definition) is 5. The lowest BCUT2D eigenvalue weighted by molar-refractivity contribution is 0.0986. The van der Waals surface area contributed by atoms with Crippen LogP contribution in [0.4, 0.5) is 5.13 Å². The third-order valence-electron chi connectivity index (χ3n) is 4.21. The second-order valence-corrected chi connectivity index (χ2v) is 8.10. The van der Waals surface area contributed by atoms with Gasteiger partial charge in [0.2, 0.25) is 0 Å². The van der Waals surface area contributed by atoms with Crippen molar-refractivity contribution in [2.75, 3.05) is 38.7 Å². The van der Waals surface area contributed by atoms with Crippen LogP contribution >= 0.6 is 35.3 Å². The van der Waals surface area contributed by atoms with Gasteiger partial charge in [0.25, 0.3) is 5.91 Å². The fraction of sp³-hybridized carbons (Fsp3) is 0.333. The highest BCUT2D eigenvalue weighted by Gasteiger charge is 2.22. The van der Waals surface area contributed by atoms with Crippen molar-refractivity contribution in [3.8, 4) is 5.75 Å². The summed E-state index contributed by atoms with van der Waals surface area (Å²) in [5, 5.41) is 1.22. The van der Waals surface area contributed by atoms with Crippen LogP contribution in [0.5, 0.6) is 5.75 Å². The summed E-state index contributed by atoms with van der Waals surface area (Å²) in [4.78, 5) is 21.9. The van der Waals surface area contributed by atoms with Gasteiger partial charge in [0.05, 0.1) is 11.3 Å². The van der Waals surface area contributed by atoms with Crippen molar-refractivity contribution in [2.45, 2.75) is 13.3 Å². The number of carbonyl (C=O) groups is 1. The SMILES string of the molecule is CCOc1cccc2sc(N(CCCN(C)C)C(=O)c3cccc(Cl)c3)nc12.Cl. The summed E-state index contributed by atoms with van der Waals surface area (Å²) >= 11 is 7.60. The zero-order valence-electron chi connectivity index (χ0n) is 16.7. The number of benzene rings is 2. The highest BCUT2D eigenvalue weighted by molar-refractivity contribution is 7.22. The Bertz CT molecular complexity index is 962. The van der Waals surface area contributed by atoms with E-state index in [0.717, 1.165) is 28.9 Å². The molecule has 3 aromatic rings. The molecule has 2 aromatic carbocycles. The number of halogens is 2. The van der Waals surface area contributed by atoms with E-state index in [1.54, 1.807) is 29.2 Å². The highest BCUT2D eigenvalue weighted by atomic mass is 35.5. The maximum absolute atomic E-state index is 13.2. The van der Waals surface area contributed by atoms with Crippen LogP contribution in [-0.2, 0) is 0 Å². The summed E-state index contributed by atoms with van der Waals surface area (Å²) in [6.45, 7) is 3.98. The topological polar surface area (TPSA) is 45.7 Å². The molecule has 156 valence electrons. The van der Waals surface area contributed by atoms with Gasteiger partial charge in [-0.25, -0.2) is 4.98 Å². The molecule has 1 heterocycles. The van der Waals surface area contributed by atoms with Crippen molar-refractivity contribution in [3.05, 3.63) is 53.1 Å². The molecule has 5 nitrogen and oxygen atoms in total. The maximum atomic E-state index is 13.2. The van der Waals surface area contributed by atoms with Crippen molar-refractivity contribution in [1.82, 2.24) is 9.88 Å². The lowest BCUT2D eigenvalue weighted by Gasteiger charge is -2.21. The van der Waals surface area contributed by atoms with Crippen LogP contribution < -0.4 is 9.64 Å².